The number of anilines is 3. The van der Waals surface area contributed by atoms with Crippen molar-refractivity contribution in [2.24, 2.45) is 0 Å². The fraction of sp³-hybridized carbons (Fsp3) is 0.194. The molecule has 1 atom stereocenters. The Balaban J connectivity index is 1.44. The number of aromatic nitrogens is 5. The number of hydrogen-bond donors (Lipinski definition) is 0. The minimum absolute atomic E-state index is 0.207. The smallest absolute Gasteiger partial charge is 0.266 e. The third kappa shape index (κ3) is 4.53. The Morgan fingerprint density at radius 3 is 2.27 bits per heavy atom. The van der Waals surface area contributed by atoms with Crippen LogP contribution in [0.15, 0.2) is 91.5 Å². The van der Waals surface area contributed by atoms with Gasteiger partial charge < -0.3 is 14.2 Å². The van der Waals surface area contributed by atoms with Gasteiger partial charge in [-0.1, -0.05) is 41.6 Å². The maximum atomic E-state index is 14.3. The van der Waals surface area contributed by atoms with E-state index in [0.29, 0.717) is 28.5 Å². The molecule has 0 radical (unpaired) electrons. The molecule has 0 fully saturated rings. The predicted molar refractivity (Wildman–Crippen MR) is 156 cm³/mol. The number of para-hydroxylation sites is 3. The topological polar surface area (TPSA) is 98.4 Å². The molecule has 3 aromatic carbocycles. The number of carbonyl (C=O) groups excluding carboxylic acids is 2. The molecule has 5 aromatic rings. The van der Waals surface area contributed by atoms with Crippen LogP contribution in [0.1, 0.15) is 25.6 Å². The summed E-state index contributed by atoms with van der Waals surface area (Å²) in [6, 6.07) is 20.9. The second-order valence-corrected chi connectivity index (χ2v) is 10.1. The number of imidazole rings is 1. The van der Waals surface area contributed by atoms with Gasteiger partial charge >= 0.3 is 0 Å². The van der Waals surface area contributed by atoms with Gasteiger partial charge in [-0.15, -0.1) is 5.10 Å². The average molecular weight is 548 g/mol. The largest absolute Gasteiger partial charge is 0.495 e. The van der Waals surface area contributed by atoms with Gasteiger partial charge in [-0.3, -0.25) is 14.5 Å². The van der Waals surface area contributed by atoms with Crippen molar-refractivity contribution in [2.45, 2.75) is 32.9 Å². The van der Waals surface area contributed by atoms with Crippen LogP contribution in [-0.4, -0.2) is 49.5 Å². The first-order valence-corrected chi connectivity index (χ1v) is 13.3. The van der Waals surface area contributed by atoms with Crippen LogP contribution < -0.4 is 14.5 Å². The van der Waals surface area contributed by atoms with Gasteiger partial charge in [0.2, 0.25) is 6.04 Å². The highest BCUT2D eigenvalue weighted by molar-refractivity contribution is 6.21. The van der Waals surface area contributed by atoms with Crippen molar-refractivity contribution in [2.75, 3.05) is 16.9 Å². The molecule has 1 aliphatic heterocycles. The molecule has 6 rings (SSSR count). The van der Waals surface area contributed by atoms with Crippen molar-refractivity contribution in [1.82, 2.24) is 24.5 Å². The Morgan fingerprint density at radius 2 is 1.59 bits per heavy atom. The molecule has 0 N–H and O–H groups in total. The summed E-state index contributed by atoms with van der Waals surface area (Å²) in [6.07, 6.45) is 5.27. The summed E-state index contributed by atoms with van der Waals surface area (Å²) in [5.41, 5.74) is 4.88. The summed E-state index contributed by atoms with van der Waals surface area (Å²) in [4.78, 5) is 36.0. The number of methoxy groups -OCH3 is 1. The highest BCUT2D eigenvalue weighted by Crippen LogP contribution is 2.41. The molecule has 0 saturated carbocycles. The highest BCUT2D eigenvalue weighted by atomic mass is 16.5. The number of carbonyl (C=O) groups is 2. The molecule has 0 saturated heterocycles. The molecule has 2 aromatic heterocycles. The van der Waals surface area contributed by atoms with Crippen LogP contribution in [0.2, 0.25) is 0 Å². The van der Waals surface area contributed by atoms with Crippen molar-refractivity contribution in [3.05, 3.63) is 97.2 Å². The molecule has 206 valence electrons. The van der Waals surface area contributed by atoms with Gasteiger partial charge in [0, 0.05) is 23.5 Å². The van der Waals surface area contributed by atoms with Crippen molar-refractivity contribution < 1.29 is 14.3 Å². The molecule has 3 heterocycles. The number of rotatable bonds is 6. The molecular formula is C31H29N7O3. The Morgan fingerprint density at radius 1 is 0.854 bits per heavy atom. The summed E-state index contributed by atoms with van der Waals surface area (Å²) in [5, 5.41) is 8.66. The molecule has 1 aliphatic rings. The minimum atomic E-state index is -1.26. The molecule has 10 heteroatoms. The van der Waals surface area contributed by atoms with Gasteiger partial charge in [0.25, 0.3) is 11.8 Å². The van der Waals surface area contributed by atoms with E-state index in [1.165, 1.54) is 4.68 Å². The Kier molecular flexibility index (Phi) is 6.58. The number of amides is 2. The quantitative estimate of drug-likeness (QED) is 0.274. The van der Waals surface area contributed by atoms with Crippen molar-refractivity contribution in [1.29, 1.82) is 0 Å². The van der Waals surface area contributed by atoms with E-state index in [1.54, 1.807) is 29.4 Å². The van der Waals surface area contributed by atoms with E-state index in [9.17, 15) is 9.59 Å². The third-order valence-electron chi connectivity index (χ3n) is 7.08. The zero-order valence-electron chi connectivity index (χ0n) is 23.2. The van der Waals surface area contributed by atoms with Crippen LogP contribution in [0.3, 0.4) is 0 Å². The number of fused-ring (bicyclic) bond motifs is 1. The normalized spacial score (nSPS) is 15.3. The van der Waals surface area contributed by atoms with Crippen LogP contribution in [0.5, 0.6) is 5.75 Å². The van der Waals surface area contributed by atoms with Gasteiger partial charge in [-0.2, -0.15) is 0 Å². The highest BCUT2D eigenvalue weighted by Gasteiger charge is 2.43. The van der Waals surface area contributed by atoms with Crippen LogP contribution in [0.4, 0.5) is 17.1 Å². The molecule has 0 bridgehead atoms. The summed E-state index contributed by atoms with van der Waals surface area (Å²) < 4.78 is 8.90. The van der Waals surface area contributed by atoms with Gasteiger partial charge in [0.05, 0.1) is 42.4 Å². The Labute approximate surface area is 237 Å². The number of hydrogen-bond acceptors (Lipinski definition) is 6. The van der Waals surface area contributed by atoms with Crippen LogP contribution in [0.25, 0.3) is 16.9 Å². The summed E-state index contributed by atoms with van der Waals surface area (Å²) >= 11 is 0. The predicted octanol–water partition coefficient (Wildman–Crippen LogP) is 5.11. The van der Waals surface area contributed by atoms with Gasteiger partial charge in [-0.05, 0) is 57.2 Å². The van der Waals surface area contributed by atoms with E-state index in [4.69, 9.17) is 4.74 Å². The number of benzene rings is 3. The van der Waals surface area contributed by atoms with Gasteiger partial charge in [0.1, 0.15) is 11.4 Å². The van der Waals surface area contributed by atoms with E-state index in [0.717, 1.165) is 16.9 Å². The lowest BCUT2D eigenvalue weighted by Crippen LogP contribution is -2.45. The van der Waals surface area contributed by atoms with E-state index >= 15 is 0 Å². The second kappa shape index (κ2) is 10.4. The second-order valence-electron chi connectivity index (χ2n) is 10.1. The fourth-order valence-corrected chi connectivity index (χ4v) is 5.19. The molecule has 0 aliphatic carbocycles. The molecule has 2 amide bonds. The average Bonchev–Trinajstić information content (AvgIpc) is 3.62. The number of nitrogens with zero attached hydrogens (tertiary/aromatic N) is 7. The molecule has 0 spiro atoms. The standard InChI is InChI=1S/C31H29N7O3/c1-20(2)37-25-12-8-9-13-26(25)38(23-10-6-5-7-11-23)31(40)29(30(37)39)36-18-24(33-34-36)22-14-15-27(28(16-22)41-4)35-17-21(3)32-19-35/h5-20,29H,1-4H3. The Hall–Kier alpha value is -5.25. The summed E-state index contributed by atoms with van der Waals surface area (Å²) in [5.74, 6) is -0.180. The lowest BCUT2D eigenvalue weighted by atomic mass is 10.1. The summed E-state index contributed by atoms with van der Waals surface area (Å²) in [6.45, 7) is 5.77. The molecule has 41 heavy (non-hydrogen) atoms. The maximum absolute atomic E-state index is 14.3. The molecular weight excluding hydrogens is 518 g/mol. The summed E-state index contributed by atoms with van der Waals surface area (Å²) in [7, 11) is 1.60. The van der Waals surface area contributed by atoms with E-state index in [2.05, 4.69) is 15.3 Å². The number of aryl methyl sites for hydroxylation is 1. The first-order chi connectivity index (χ1) is 19.9. The third-order valence-corrected chi connectivity index (χ3v) is 7.08. The van der Waals surface area contributed by atoms with Gasteiger partial charge in [0.15, 0.2) is 0 Å². The zero-order valence-corrected chi connectivity index (χ0v) is 23.2. The lowest BCUT2D eigenvalue weighted by Gasteiger charge is -2.28. The first kappa shape index (κ1) is 26.0. The van der Waals surface area contributed by atoms with E-state index < -0.39 is 11.9 Å². The molecule has 10 nitrogen and oxygen atoms in total. The number of ether oxygens (including phenoxy) is 1. The van der Waals surface area contributed by atoms with Crippen LogP contribution in [-0.2, 0) is 9.59 Å². The minimum Gasteiger partial charge on any atom is -0.495 e. The van der Waals surface area contributed by atoms with E-state index in [-0.39, 0.29) is 11.9 Å². The van der Waals surface area contributed by atoms with Crippen molar-refractivity contribution in [3.8, 4) is 22.7 Å². The maximum Gasteiger partial charge on any atom is 0.266 e. The van der Waals surface area contributed by atoms with E-state index in [1.807, 2.05) is 104 Å². The molecule has 1 unspecified atom stereocenters. The SMILES string of the molecule is COc1cc(-c2cn(C3C(=O)N(c4ccccc4)c4ccccc4N(C(C)C)C3=O)nn2)ccc1-n1cnc(C)c1. The fourth-order valence-electron chi connectivity index (χ4n) is 5.19. The monoisotopic (exact) mass is 547 g/mol. The van der Waals surface area contributed by atoms with Gasteiger partial charge in [-0.25, -0.2) is 9.67 Å². The van der Waals surface area contributed by atoms with Crippen molar-refractivity contribution in [3.63, 3.8) is 0 Å². The van der Waals surface area contributed by atoms with Crippen LogP contribution >= 0.6 is 0 Å². The Bertz CT molecular complexity index is 1740. The van der Waals surface area contributed by atoms with Crippen molar-refractivity contribution >= 4 is 28.9 Å². The first-order valence-electron chi connectivity index (χ1n) is 13.3. The lowest BCUT2D eigenvalue weighted by molar-refractivity contribution is -0.131. The van der Waals surface area contributed by atoms with Crippen LogP contribution in [0, 0.1) is 6.92 Å². The zero-order chi connectivity index (χ0) is 28.7.